The molecule has 50 valence electrons. The maximum Gasteiger partial charge on any atom is 0.311 e. The largest absolute Gasteiger partial charge is 0.481 e. The van der Waals surface area contributed by atoms with Gasteiger partial charge in [0.15, 0.2) is 0 Å². The number of hydrogen-bond donors (Lipinski definition) is 2. The molecule has 2 unspecified atom stereocenters. The Morgan fingerprint density at radius 3 is 2.78 bits per heavy atom. The minimum atomic E-state index is -0.613. The lowest BCUT2D eigenvalue weighted by Gasteiger charge is -2.01. The van der Waals surface area contributed by atoms with Crippen molar-refractivity contribution in [2.45, 2.75) is 6.42 Å². The number of hydrogen-bond acceptors (Lipinski definition) is 2. The highest BCUT2D eigenvalue weighted by molar-refractivity contribution is 5.79. The highest BCUT2D eigenvalue weighted by Crippen LogP contribution is 2.54. The highest BCUT2D eigenvalue weighted by atomic mass is 16.4. The quantitative estimate of drug-likeness (QED) is 0.507. The van der Waals surface area contributed by atoms with Crippen LogP contribution in [0.3, 0.4) is 0 Å². The lowest BCUT2D eigenvalue weighted by atomic mass is 10.1. The van der Waals surface area contributed by atoms with E-state index < -0.39 is 5.97 Å². The Labute approximate surface area is 53.1 Å². The third kappa shape index (κ3) is 0.477. The fourth-order valence-electron chi connectivity index (χ4n) is 1.67. The molecule has 0 aromatic rings. The van der Waals surface area contributed by atoms with Crippen molar-refractivity contribution >= 4 is 5.97 Å². The van der Waals surface area contributed by atoms with Crippen LogP contribution >= 0.6 is 0 Å². The molecular weight excluding hydrogens is 118 g/mol. The minimum Gasteiger partial charge on any atom is -0.481 e. The summed E-state index contributed by atoms with van der Waals surface area (Å²) in [5.74, 6) is -0.174. The third-order valence-corrected chi connectivity index (χ3v) is 2.49. The third-order valence-electron chi connectivity index (χ3n) is 2.49. The Morgan fingerprint density at radius 1 is 1.78 bits per heavy atom. The summed E-state index contributed by atoms with van der Waals surface area (Å²) in [5.41, 5.74) is -0.333. The topological polar surface area (TPSA) is 49.3 Å². The summed E-state index contributed by atoms with van der Waals surface area (Å²) in [6.07, 6.45) is 0.898. The second-order valence-corrected chi connectivity index (χ2v) is 2.99. The molecule has 3 nitrogen and oxygen atoms in total. The first kappa shape index (κ1) is 5.23. The number of carboxylic acid groups (broad SMARTS) is 1. The van der Waals surface area contributed by atoms with E-state index in [0.717, 1.165) is 13.0 Å². The average Bonchev–Trinajstić information content (AvgIpc) is 2.38. The lowest BCUT2D eigenvalue weighted by Crippen LogP contribution is -2.23. The fraction of sp³-hybridized carbons (Fsp3) is 0.833. The molecule has 2 atom stereocenters. The van der Waals surface area contributed by atoms with E-state index in [2.05, 4.69) is 5.32 Å². The van der Waals surface area contributed by atoms with E-state index in [4.69, 9.17) is 5.11 Å². The van der Waals surface area contributed by atoms with E-state index in [1.807, 2.05) is 0 Å². The Morgan fingerprint density at radius 2 is 2.56 bits per heavy atom. The molecule has 0 radical (unpaired) electrons. The van der Waals surface area contributed by atoms with Crippen molar-refractivity contribution in [1.82, 2.24) is 5.32 Å². The molecule has 1 aliphatic heterocycles. The van der Waals surface area contributed by atoms with Gasteiger partial charge in [-0.3, -0.25) is 4.79 Å². The Hall–Kier alpha value is -0.570. The van der Waals surface area contributed by atoms with Gasteiger partial charge in [-0.25, -0.2) is 0 Å². The van der Waals surface area contributed by atoms with Crippen molar-refractivity contribution in [2.24, 2.45) is 11.3 Å². The summed E-state index contributed by atoms with van der Waals surface area (Å²) in [6, 6.07) is 0. The number of aliphatic carboxylic acids is 1. The molecule has 9 heavy (non-hydrogen) atoms. The van der Waals surface area contributed by atoms with Gasteiger partial charge in [-0.05, 0) is 18.9 Å². The number of piperidine rings is 1. The predicted molar refractivity (Wildman–Crippen MR) is 31.0 cm³/mol. The first-order valence-corrected chi connectivity index (χ1v) is 3.20. The number of fused-ring (bicyclic) bond motifs is 1. The van der Waals surface area contributed by atoms with E-state index >= 15 is 0 Å². The van der Waals surface area contributed by atoms with Crippen molar-refractivity contribution in [3.63, 3.8) is 0 Å². The van der Waals surface area contributed by atoms with Crippen LogP contribution in [0.1, 0.15) is 6.42 Å². The molecule has 0 aromatic heterocycles. The molecule has 3 heteroatoms. The van der Waals surface area contributed by atoms with Crippen molar-refractivity contribution in [2.75, 3.05) is 13.1 Å². The molecule has 0 bridgehead atoms. The number of nitrogens with one attached hydrogen (secondary N) is 1. The summed E-state index contributed by atoms with van der Waals surface area (Å²) >= 11 is 0. The van der Waals surface area contributed by atoms with Gasteiger partial charge < -0.3 is 10.4 Å². The van der Waals surface area contributed by atoms with Crippen LogP contribution in [0.15, 0.2) is 0 Å². The van der Waals surface area contributed by atoms with Gasteiger partial charge in [0, 0.05) is 6.54 Å². The molecule has 1 aliphatic carbocycles. The molecule has 1 saturated carbocycles. The summed E-state index contributed by atoms with van der Waals surface area (Å²) in [4.78, 5) is 10.5. The maximum absolute atomic E-state index is 10.5. The molecule has 0 amide bonds. The molecule has 1 saturated heterocycles. The van der Waals surface area contributed by atoms with E-state index in [-0.39, 0.29) is 5.41 Å². The first-order valence-electron chi connectivity index (χ1n) is 3.20. The number of carboxylic acids is 1. The van der Waals surface area contributed by atoms with E-state index in [1.54, 1.807) is 0 Å². The van der Waals surface area contributed by atoms with Crippen LogP contribution in [0, 0.1) is 11.3 Å². The number of rotatable bonds is 1. The Balaban J connectivity index is 2.19. The van der Waals surface area contributed by atoms with Crippen LogP contribution in [-0.4, -0.2) is 24.2 Å². The second kappa shape index (κ2) is 1.29. The minimum absolute atomic E-state index is 0.333. The molecule has 2 aliphatic rings. The SMILES string of the molecule is O=C(O)C12CNCC1C2. The smallest absolute Gasteiger partial charge is 0.311 e. The van der Waals surface area contributed by atoms with Crippen LogP contribution < -0.4 is 5.32 Å². The first-order chi connectivity index (χ1) is 4.26. The zero-order chi connectivity index (χ0) is 6.48. The standard InChI is InChI=1S/C6H9NO2/c8-5(9)6-1-4(6)2-7-3-6/h4,7H,1-3H2,(H,8,9). The van der Waals surface area contributed by atoms with E-state index in [9.17, 15) is 4.79 Å². The van der Waals surface area contributed by atoms with Gasteiger partial charge in [0.2, 0.25) is 0 Å². The van der Waals surface area contributed by atoms with Gasteiger partial charge in [0.1, 0.15) is 0 Å². The molecule has 2 rings (SSSR count). The van der Waals surface area contributed by atoms with E-state index in [1.165, 1.54) is 0 Å². The zero-order valence-electron chi connectivity index (χ0n) is 5.05. The van der Waals surface area contributed by atoms with Crippen molar-refractivity contribution in [3.8, 4) is 0 Å². The normalized spacial score (nSPS) is 46.4. The van der Waals surface area contributed by atoms with Crippen LogP contribution in [0.4, 0.5) is 0 Å². The van der Waals surface area contributed by atoms with Crippen LogP contribution in [0.25, 0.3) is 0 Å². The lowest BCUT2D eigenvalue weighted by molar-refractivity contribution is -0.143. The average molecular weight is 127 g/mol. The predicted octanol–water partition coefficient (Wildman–Crippen LogP) is -0.319. The maximum atomic E-state index is 10.5. The second-order valence-electron chi connectivity index (χ2n) is 2.99. The van der Waals surface area contributed by atoms with Gasteiger partial charge in [-0.15, -0.1) is 0 Å². The van der Waals surface area contributed by atoms with Crippen LogP contribution in [-0.2, 0) is 4.79 Å². The zero-order valence-corrected chi connectivity index (χ0v) is 5.05. The fourth-order valence-corrected chi connectivity index (χ4v) is 1.67. The summed E-state index contributed by atoms with van der Waals surface area (Å²) < 4.78 is 0. The molecule has 0 spiro atoms. The van der Waals surface area contributed by atoms with Gasteiger partial charge in [-0.2, -0.15) is 0 Å². The summed E-state index contributed by atoms with van der Waals surface area (Å²) in [6.45, 7) is 1.60. The van der Waals surface area contributed by atoms with Gasteiger partial charge in [0.25, 0.3) is 0 Å². The van der Waals surface area contributed by atoms with Gasteiger partial charge >= 0.3 is 5.97 Å². The van der Waals surface area contributed by atoms with Crippen LogP contribution in [0.2, 0.25) is 0 Å². The molecule has 1 heterocycles. The van der Waals surface area contributed by atoms with Crippen molar-refractivity contribution < 1.29 is 9.90 Å². The highest BCUT2D eigenvalue weighted by Gasteiger charge is 2.62. The Kier molecular flexibility index (Phi) is 0.750. The van der Waals surface area contributed by atoms with Crippen molar-refractivity contribution in [3.05, 3.63) is 0 Å². The Bertz CT molecular complexity index is 168. The van der Waals surface area contributed by atoms with E-state index in [0.29, 0.717) is 12.5 Å². The molecule has 2 N–H and O–H groups in total. The summed E-state index contributed by atoms with van der Waals surface area (Å²) in [5, 5.41) is 11.7. The molecule has 2 fully saturated rings. The van der Waals surface area contributed by atoms with Crippen molar-refractivity contribution in [1.29, 1.82) is 0 Å². The van der Waals surface area contributed by atoms with Gasteiger partial charge in [0.05, 0.1) is 5.41 Å². The summed E-state index contributed by atoms with van der Waals surface area (Å²) in [7, 11) is 0. The van der Waals surface area contributed by atoms with Crippen LogP contribution in [0.5, 0.6) is 0 Å². The van der Waals surface area contributed by atoms with Gasteiger partial charge in [-0.1, -0.05) is 0 Å². The molecular formula is C6H9NO2. The monoisotopic (exact) mass is 127 g/mol. The number of carbonyl (C=O) groups is 1. The molecule has 0 aromatic carbocycles.